The molecule has 1 spiro atoms. The lowest BCUT2D eigenvalue weighted by Crippen LogP contribution is -2.61. The molecule has 200 valence electrons. The number of nitrogens with zero attached hydrogens (tertiary/aromatic N) is 3. The van der Waals surface area contributed by atoms with Crippen molar-refractivity contribution in [2.24, 2.45) is 23.2 Å². The molecule has 0 radical (unpaired) electrons. The van der Waals surface area contributed by atoms with Gasteiger partial charge in [0.2, 0.25) is 11.8 Å². The Morgan fingerprint density at radius 3 is 2.22 bits per heavy atom. The summed E-state index contributed by atoms with van der Waals surface area (Å²) in [6.07, 6.45) is 8.38. The molecule has 8 heteroatoms. The van der Waals surface area contributed by atoms with Crippen LogP contribution in [0.25, 0.3) is 0 Å². The zero-order chi connectivity index (χ0) is 25.6. The summed E-state index contributed by atoms with van der Waals surface area (Å²) in [5.41, 5.74) is 0.121. The second-order valence-electron chi connectivity index (χ2n) is 12.3. The van der Waals surface area contributed by atoms with E-state index in [0.717, 1.165) is 42.7 Å². The van der Waals surface area contributed by atoms with E-state index in [2.05, 4.69) is 15.1 Å². The molecule has 37 heavy (non-hydrogen) atoms. The number of likely N-dealkylation sites (tertiary alicyclic amines) is 1. The molecule has 1 aromatic rings. The number of carbonyl (C=O) groups is 3. The van der Waals surface area contributed by atoms with Crippen LogP contribution in [-0.2, 0) is 19.1 Å². The summed E-state index contributed by atoms with van der Waals surface area (Å²) in [4.78, 5) is 46.4. The van der Waals surface area contributed by atoms with Crippen LogP contribution in [0.3, 0.4) is 0 Å². The average molecular weight is 509 g/mol. The summed E-state index contributed by atoms with van der Waals surface area (Å²) >= 11 is 0. The molecule has 2 aliphatic heterocycles. The van der Waals surface area contributed by atoms with Gasteiger partial charge in [-0.05, 0) is 81.3 Å². The molecule has 0 unspecified atom stereocenters. The quantitative estimate of drug-likeness (QED) is 0.573. The maximum absolute atomic E-state index is 14.0. The zero-order valence-electron chi connectivity index (χ0n) is 22.0. The molecule has 2 saturated heterocycles. The van der Waals surface area contributed by atoms with Crippen LogP contribution in [0.5, 0.6) is 0 Å². The van der Waals surface area contributed by atoms with Crippen molar-refractivity contribution in [1.29, 1.82) is 0 Å². The van der Waals surface area contributed by atoms with E-state index in [4.69, 9.17) is 4.74 Å². The summed E-state index contributed by atoms with van der Waals surface area (Å²) in [6, 6.07) is 10.0. The van der Waals surface area contributed by atoms with E-state index in [9.17, 15) is 14.4 Å². The first-order valence-corrected chi connectivity index (χ1v) is 14.1. The number of ether oxygens (including phenoxy) is 1. The Morgan fingerprint density at radius 1 is 1.00 bits per heavy atom. The Morgan fingerprint density at radius 2 is 1.62 bits per heavy atom. The van der Waals surface area contributed by atoms with E-state index < -0.39 is 5.54 Å². The summed E-state index contributed by atoms with van der Waals surface area (Å²) in [6.45, 7) is 2.47. The van der Waals surface area contributed by atoms with Crippen LogP contribution in [0.15, 0.2) is 30.3 Å². The first-order chi connectivity index (χ1) is 17.9. The van der Waals surface area contributed by atoms with Gasteiger partial charge in [0.25, 0.3) is 5.91 Å². The Hall–Kier alpha value is -2.61. The fourth-order valence-electron chi connectivity index (χ4n) is 8.63. The number of benzene rings is 1. The molecule has 7 rings (SSSR count). The molecular formula is C29H40N4O4. The number of para-hydroxylation sites is 1. The van der Waals surface area contributed by atoms with Gasteiger partial charge in [0.15, 0.2) is 0 Å². The lowest BCUT2D eigenvalue weighted by molar-refractivity contribution is -0.160. The van der Waals surface area contributed by atoms with Crippen molar-refractivity contribution in [2.45, 2.75) is 56.9 Å². The third-order valence-corrected chi connectivity index (χ3v) is 9.91. The molecule has 3 amide bonds. The maximum Gasteiger partial charge on any atom is 0.250 e. The van der Waals surface area contributed by atoms with Crippen molar-refractivity contribution in [3.8, 4) is 0 Å². The monoisotopic (exact) mass is 508 g/mol. The Kier molecular flexibility index (Phi) is 6.42. The second-order valence-corrected chi connectivity index (χ2v) is 12.3. The normalized spacial score (nSPS) is 31.9. The average Bonchev–Trinajstić information content (AvgIpc) is 3.15. The lowest BCUT2D eigenvalue weighted by Gasteiger charge is -2.57. The van der Waals surface area contributed by atoms with Crippen LogP contribution in [0, 0.1) is 23.2 Å². The van der Waals surface area contributed by atoms with Crippen molar-refractivity contribution in [1.82, 2.24) is 15.1 Å². The highest BCUT2D eigenvalue weighted by molar-refractivity contribution is 5.96. The fraction of sp³-hybridized carbons (Fsp3) is 0.690. The Labute approximate surface area is 219 Å². The van der Waals surface area contributed by atoms with Crippen LogP contribution in [0.1, 0.15) is 51.4 Å². The summed E-state index contributed by atoms with van der Waals surface area (Å²) in [5.74, 6) is 2.39. The number of hydrogen-bond acceptors (Lipinski definition) is 5. The highest BCUT2D eigenvalue weighted by Gasteiger charge is 2.58. The van der Waals surface area contributed by atoms with E-state index in [1.807, 2.05) is 30.3 Å². The molecule has 6 fully saturated rings. The van der Waals surface area contributed by atoms with Gasteiger partial charge in [-0.2, -0.15) is 0 Å². The molecule has 4 bridgehead atoms. The lowest BCUT2D eigenvalue weighted by atomic mass is 9.49. The van der Waals surface area contributed by atoms with Gasteiger partial charge in [-0.15, -0.1) is 0 Å². The first kappa shape index (κ1) is 24.7. The zero-order valence-corrected chi connectivity index (χ0v) is 22.0. The largest absolute Gasteiger partial charge is 0.383 e. The molecule has 8 nitrogen and oxygen atoms in total. The van der Waals surface area contributed by atoms with E-state index in [0.29, 0.717) is 51.7 Å². The van der Waals surface area contributed by atoms with Crippen molar-refractivity contribution < 1.29 is 19.1 Å². The molecular weight excluding hydrogens is 468 g/mol. The molecule has 0 aromatic heterocycles. The van der Waals surface area contributed by atoms with Crippen LogP contribution in [0.2, 0.25) is 0 Å². The minimum Gasteiger partial charge on any atom is -0.383 e. The van der Waals surface area contributed by atoms with Crippen molar-refractivity contribution in [3.63, 3.8) is 0 Å². The predicted molar refractivity (Wildman–Crippen MR) is 140 cm³/mol. The molecule has 4 saturated carbocycles. The number of hydrogen-bond donors (Lipinski definition) is 1. The van der Waals surface area contributed by atoms with Crippen LogP contribution >= 0.6 is 0 Å². The number of rotatable bonds is 7. The number of anilines is 1. The van der Waals surface area contributed by atoms with Crippen LogP contribution < -0.4 is 10.2 Å². The van der Waals surface area contributed by atoms with Gasteiger partial charge in [-0.3, -0.25) is 14.4 Å². The van der Waals surface area contributed by atoms with Crippen LogP contribution in [-0.4, -0.2) is 79.6 Å². The minimum absolute atomic E-state index is 0.000137. The van der Waals surface area contributed by atoms with Gasteiger partial charge in [0.1, 0.15) is 12.1 Å². The predicted octanol–water partition coefficient (Wildman–Crippen LogP) is 2.63. The van der Waals surface area contributed by atoms with Gasteiger partial charge in [0, 0.05) is 32.4 Å². The van der Waals surface area contributed by atoms with Crippen LogP contribution in [0.4, 0.5) is 5.69 Å². The number of methoxy groups -OCH3 is 1. The van der Waals surface area contributed by atoms with Gasteiger partial charge < -0.3 is 24.8 Å². The number of carbonyl (C=O) groups excluding carboxylic acids is 3. The topological polar surface area (TPSA) is 82.2 Å². The van der Waals surface area contributed by atoms with Crippen molar-refractivity contribution in [2.75, 3.05) is 51.5 Å². The summed E-state index contributed by atoms with van der Waals surface area (Å²) in [7, 11) is 1.60. The van der Waals surface area contributed by atoms with Gasteiger partial charge >= 0.3 is 0 Å². The molecule has 6 aliphatic rings. The van der Waals surface area contributed by atoms with E-state index in [1.165, 1.54) is 19.3 Å². The number of piperidine rings is 1. The standard InChI is InChI=1S/C29H40N4O4/c1-37-12-9-30-25(34)19-32-20-33(24-5-3-2-4-6-24)29(27(32)36)7-10-31(11-8-29)26(35)28-16-21-13-22(17-28)15-23(14-21)18-28/h2-6,21-23H,7-20H2,1H3,(H,30,34). The highest BCUT2D eigenvalue weighted by atomic mass is 16.5. The maximum atomic E-state index is 14.0. The molecule has 1 N–H and O–H groups in total. The third kappa shape index (κ3) is 4.31. The minimum atomic E-state index is -0.716. The molecule has 4 aliphatic carbocycles. The summed E-state index contributed by atoms with van der Waals surface area (Å²) in [5, 5.41) is 2.83. The van der Waals surface area contributed by atoms with Gasteiger partial charge in [-0.25, -0.2) is 0 Å². The highest BCUT2D eigenvalue weighted by Crippen LogP contribution is 2.60. The summed E-state index contributed by atoms with van der Waals surface area (Å²) < 4.78 is 5.02. The fourth-order valence-corrected chi connectivity index (χ4v) is 8.63. The smallest absolute Gasteiger partial charge is 0.250 e. The number of nitrogens with one attached hydrogen (secondary N) is 1. The van der Waals surface area contributed by atoms with Gasteiger partial charge in [0.05, 0.1) is 18.7 Å². The van der Waals surface area contributed by atoms with E-state index >= 15 is 0 Å². The number of amides is 3. The van der Waals surface area contributed by atoms with Crippen molar-refractivity contribution >= 4 is 23.4 Å². The van der Waals surface area contributed by atoms with Gasteiger partial charge in [-0.1, -0.05) is 18.2 Å². The Balaban J connectivity index is 1.18. The molecule has 1 aromatic carbocycles. The first-order valence-electron chi connectivity index (χ1n) is 14.1. The second kappa shape index (κ2) is 9.61. The van der Waals surface area contributed by atoms with E-state index in [1.54, 1.807) is 12.0 Å². The molecule has 0 atom stereocenters. The molecule has 2 heterocycles. The third-order valence-electron chi connectivity index (χ3n) is 9.91. The Bertz CT molecular complexity index is 1000. The van der Waals surface area contributed by atoms with E-state index in [-0.39, 0.29) is 23.8 Å². The SMILES string of the molecule is COCCNC(=O)CN1CN(c2ccccc2)C2(CCN(C(=O)C34CC5CC(CC(C5)C3)C4)CC2)C1=O. The van der Waals surface area contributed by atoms with Crippen molar-refractivity contribution in [3.05, 3.63) is 30.3 Å².